The van der Waals surface area contributed by atoms with Gasteiger partial charge in [0.25, 0.3) is 5.56 Å². The van der Waals surface area contributed by atoms with E-state index in [9.17, 15) is 14.4 Å². The Bertz CT molecular complexity index is 1050. The van der Waals surface area contributed by atoms with Gasteiger partial charge < -0.3 is 9.64 Å². The molecule has 0 N–H and O–H groups in total. The fourth-order valence-corrected chi connectivity index (χ4v) is 4.92. The predicted molar refractivity (Wildman–Crippen MR) is 114 cm³/mol. The molecule has 29 heavy (non-hydrogen) atoms. The van der Waals surface area contributed by atoms with Crippen LogP contribution in [0.1, 0.15) is 39.2 Å². The largest absolute Gasteiger partial charge is 0.372 e. The lowest BCUT2D eigenvalue weighted by Gasteiger charge is -2.35. The van der Waals surface area contributed by atoms with Crippen LogP contribution < -0.4 is 11.2 Å². The number of carbonyl (C=O) groups excluding carboxylic acids is 1. The number of hydrogen-bond acceptors (Lipinski definition) is 6. The Balaban J connectivity index is 2.01. The molecule has 0 aromatic carbocycles. The van der Waals surface area contributed by atoms with Crippen LogP contribution in [0.15, 0.2) is 20.7 Å². The average molecular weight is 421 g/mol. The lowest BCUT2D eigenvalue weighted by Crippen LogP contribution is -2.48. The molecule has 3 heterocycles. The first kappa shape index (κ1) is 21.6. The molecule has 0 radical (unpaired) electrons. The molecule has 158 valence electrons. The first-order chi connectivity index (χ1) is 13.6. The van der Waals surface area contributed by atoms with Gasteiger partial charge in [0.1, 0.15) is 5.65 Å². The third kappa shape index (κ3) is 4.11. The van der Waals surface area contributed by atoms with Gasteiger partial charge in [0.05, 0.1) is 23.3 Å². The monoisotopic (exact) mass is 420 g/mol. The van der Waals surface area contributed by atoms with Crippen LogP contribution >= 0.6 is 11.8 Å². The van der Waals surface area contributed by atoms with Crippen molar-refractivity contribution in [1.82, 2.24) is 19.0 Å². The van der Waals surface area contributed by atoms with Crippen LogP contribution in [0.4, 0.5) is 0 Å². The number of pyridine rings is 1. The third-order valence-electron chi connectivity index (χ3n) is 5.18. The summed E-state index contributed by atoms with van der Waals surface area (Å²) in [6, 6.07) is 0. The smallest absolute Gasteiger partial charge is 0.332 e. The van der Waals surface area contributed by atoms with Gasteiger partial charge in [-0.15, -0.1) is 11.8 Å². The Hall–Kier alpha value is -2.13. The molecule has 0 unspecified atom stereocenters. The minimum atomic E-state index is -0.421. The predicted octanol–water partition coefficient (Wildman–Crippen LogP) is 1.48. The molecule has 1 aliphatic rings. The van der Waals surface area contributed by atoms with E-state index in [4.69, 9.17) is 4.74 Å². The van der Waals surface area contributed by atoms with Gasteiger partial charge in [-0.3, -0.25) is 18.7 Å². The van der Waals surface area contributed by atoms with Crippen molar-refractivity contribution in [2.75, 3.05) is 18.8 Å². The highest BCUT2D eigenvalue weighted by Gasteiger charge is 2.27. The molecule has 0 spiro atoms. The number of fused-ring (bicyclic) bond motifs is 1. The number of morpholine rings is 1. The standard InChI is InChI=1S/C20H28N4O4S/c1-11(2)14-7-21-18-16(19(26)23(6)20(27)22(18)5)17(14)29-10-15(25)24-8-12(3)28-13(4)9-24/h7,11-13H,8-10H2,1-6H3/t12-,13-/m0/s1. The van der Waals surface area contributed by atoms with Crippen molar-refractivity contribution in [3.8, 4) is 0 Å². The average Bonchev–Trinajstić information content (AvgIpc) is 2.67. The number of aromatic nitrogens is 3. The molecule has 9 heteroatoms. The van der Waals surface area contributed by atoms with E-state index in [0.717, 1.165) is 15.0 Å². The molecule has 2 aromatic rings. The van der Waals surface area contributed by atoms with Crippen molar-refractivity contribution in [3.05, 3.63) is 32.6 Å². The quantitative estimate of drug-likeness (QED) is 0.697. The highest BCUT2D eigenvalue weighted by Crippen LogP contribution is 2.32. The van der Waals surface area contributed by atoms with Gasteiger partial charge in [0, 0.05) is 38.3 Å². The number of nitrogens with zero attached hydrogens (tertiary/aromatic N) is 4. The van der Waals surface area contributed by atoms with Crippen LogP contribution in [0, 0.1) is 0 Å². The molecule has 8 nitrogen and oxygen atoms in total. The maximum Gasteiger partial charge on any atom is 0.332 e. The summed E-state index contributed by atoms with van der Waals surface area (Å²) in [7, 11) is 3.06. The van der Waals surface area contributed by atoms with Crippen molar-refractivity contribution in [1.29, 1.82) is 0 Å². The summed E-state index contributed by atoms with van der Waals surface area (Å²) in [6.07, 6.45) is 1.71. The minimum absolute atomic E-state index is 0.00231. The normalized spacial score (nSPS) is 19.9. The van der Waals surface area contributed by atoms with Crippen molar-refractivity contribution in [2.24, 2.45) is 14.1 Å². The van der Waals surface area contributed by atoms with Gasteiger partial charge in [-0.2, -0.15) is 0 Å². The highest BCUT2D eigenvalue weighted by molar-refractivity contribution is 8.00. The number of amides is 1. The second-order valence-corrected chi connectivity index (χ2v) is 8.93. The summed E-state index contributed by atoms with van der Waals surface area (Å²) >= 11 is 1.35. The van der Waals surface area contributed by atoms with Crippen LogP contribution in [-0.2, 0) is 23.6 Å². The van der Waals surface area contributed by atoms with Crippen molar-refractivity contribution >= 4 is 28.7 Å². The number of thioether (sulfide) groups is 1. The molecule has 0 bridgehead atoms. The molecule has 2 aromatic heterocycles. The van der Waals surface area contributed by atoms with Gasteiger partial charge in [-0.05, 0) is 25.3 Å². The van der Waals surface area contributed by atoms with Gasteiger partial charge in [-0.1, -0.05) is 13.8 Å². The van der Waals surface area contributed by atoms with E-state index in [1.165, 1.54) is 23.4 Å². The fourth-order valence-electron chi connectivity index (χ4n) is 3.69. The summed E-state index contributed by atoms with van der Waals surface area (Å²) in [6.45, 7) is 9.09. The molecular formula is C20H28N4O4S. The van der Waals surface area contributed by atoms with E-state index >= 15 is 0 Å². The molecule has 2 atom stereocenters. The van der Waals surface area contributed by atoms with E-state index in [2.05, 4.69) is 4.98 Å². The van der Waals surface area contributed by atoms with Gasteiger partial charge >= 0.3 is 5.69 Å². The lowest BCUT2D eigenvalue weighted by atomic mass is 10.0. The zero-order valence-electron chi connectivity index (χ0n) is 17.8. The zero-order valence-corrected chi connectivity index (χ0v) is 18.6. The number of ether oxygens (including phenoxy) is 1. The van der Waals surface area contributed by atoms with E-state index in [1.54, 1.807) is 13.2 Å². The van der Waals surface area contributed by atoms with Crippen LogP contribution in [0.5, 0.6) is 0 Å². The van der Waals surface area contributed by atoms with Crippen LogP contribution in [0.2, 0.25) is 0 Å². The second kappa shape index (κ2) is 8.31. The fraction of sp³-hybridized carbons (Fsp3) is 0.600. The highest BCUT2D eigenvalue weighted by atomic mass is 32.2. The molecule has 1 fully saturated rings. The summed E-state index contributed by atoms with van der Waals surface area (Å²) in [5, 5.41) is 0.391. The van der Waals surface area contributed by atoms with Crippen LogP contribution in [0.25, 0.3) is 11.0 Å². The summed E-state index contributed by atoms with van der Waals surface area (Å²) in [5.41, 5.74) is 0.429. The number of carbonyl (C=O) groups is 1. The Morgan fingerprint density at radius 2 is 1.83 bits per heavy atom. The molecule has 1 saturated heterocycles. The van der Waals surface area contributed by atoms with Crippen LogP contribution in [-0.4, -0.2) is 56.0 Å². The van der Waals surface area contributed by atoms with E-state index in [1.807, 2.05) is 32.6 Å². The van der Waals surface area contributed by atoms with Crippen molar-refractivity contribution < 1.29 is 9.53 Å². The Morgan fingerprint density at radius 3 is 2.41 bits per heavy atom. The SMILES string of the molecule is CC(C)c1cnc2c(c1SCC(=O)N1C[C@H](C)O[C@@H](C)C1)c(=O)n(C)c(=O)n2C. The van der Waals surface area contributed by atoms with Gasteiger partial charge in [-0.25, -0.2) is 9.78 Å². The molecule has 3 rings (SSSR count). The Labute approximate surface area is 173 Å². The first-order valence-corrected chi connectivity index (χ1v) is 10.7. The molecule has 1 amide bonds. The summed E-state index contributed by atoms with van der Waals surface area (Å²) in [4.78, 5) is 45.0. The summed E-state index contributed by atoms with van der Waals surface area (Å²) in [5.74, 6) is 0.345. The second-order valence-electron chi connectivity index (χ2n) is 7.95. The van der Waals surface area contributed by atoms with E-state index in [-0.39, 0.29) is 35.3 Å². The van der Waals surface area contributed by atoms with Crippen molar-refractivity contribution in [3.63, 3.8) is 0 Å². The summed E-state index contributed by atoms with van der Waals surface area (Å²) < 4.78 is 8.17. The number of hydrogen-bond donors (Lipinski definition) is 0. The maximum absolute atomic E-state index is 12.9. The number of aryl methyl sites for hydroxylation is 1. The number of rotatable bonds is 4. The first-order valence-electron chi connectivity index (χ1n) is 9.76. The zero-order chi connectivity index (χ0) is 21.5. The van der Waals surface area contributed by atoms with E-state index < -0.39 is 5.69 Å². The Kier molecular flexibility index (Phi) is 6.19. The minimum Gasteiger partial charge on any atom is -0.372 e. The topological polar surface area (TPSA) is 86.4 Å². The molecular weight excluding hydrogens is 392 g/mol. The van der Waals surface area contributed by atoms with Gasteiger partial charge in [0.15, 0.2) is 0 Å². The molecule has 0 aliphatic carbocycles. The molecule has 1 aliphatic heterocycles. The molecule has 0 saturated carbocycles. The lowest BCUT2D eigenvalue weighted by molar-refractivity contribution is -0.140. The maximum atomic E-state index is 12.9. The van der Waals surface area contributed by atoms with E-state index in [0.29, 0.717) is 24.1 Å². The van der Waals surface area contributed by atoms with Crippen LogP contribution in [0.3, 0.4) is 0 Å². The Morgan fingerprint density at radius 1 is 1.21 bits per heavy atom. The van der Waals surface area contributed by atoms with Crippen molar-refractivity contribution in [2.45, 2.75) is 50.7 Å². The third-order valence-corrected chi connectivity index (χ3v) is 6.30. The van der Waals surface area contributed by atoms with Gasteiger partial charge in [0.2, 0.25) is 5.91 Å².